The van der Waals surface area contributed by atoms with Gasteiger partial charge in [0.05, 0.1) is 5.75 Å². The molecular formula is C23H23N3O3S. The molecule has 0 atom stereocenters. The number of aryl methyl sites for hydroxylation is 1. The van der Waals surface area contributed by atoms with Gasteiger partial charge in [0.25, 0.3) is 5.91 Å². The molecule has 6 nitrogen and oxygen atoms in total. The summed E-state index contributed by atoms with van der Waals surface area (Å²) in [4.78, 5) is 12.7. The van der Waals surface area contributed by atoms with Crippen LogP contribution in [-0.2, 0) is 16.6 Å². The van der Waals surface area contributed by atoms with Crippen molar-refractivity contribution in [1.29, 1.82) is 0 Å². The zero-order chi connectivity index (χ0) is 21.3. The van der Waals surface area contributed by atoms with E-state index in [1.807, 2.05) is 30.3 Å². The molecule has 1 aromatic heterocycles. The molecule has 2 N–H and O–H groups in total. The molecule has 7 heteroatoms. The Balaban J connectivity index is 1.60. The number of rotatable bonds is 6. The van der Waals surface area contributed by atoms with Gasteiger partial charge in [-0.3, -0.25) is 9.52 Å². The lowest BCUT2D eigenvalue weighted by Crippen LogP contribution is -2.15. The summed E-state index contributed by atoms with van der Waals surface area (Å²) >= 11 is 0. The van der Waals surface area contributed by atoms with Gasteiger partial charge < -0.3 is 9.88 Å². The van der Waals surface area contributed by atoms with Crippen LogP contribution in [0, 0.1) is 0 Å². The third kappa shape index (κ3) is 3.76. The van der Waals surface area contributed by atoms with Gasteiger partial charge in [0.1, 0.15) is 0 Å². The second-order valence-electron chi connectivity index (χ2n) is 7.03. The van der Waals surface area contributed by atoms with E-state index in [-0.39, 0.29) is 11.7 Å². The van der Waals surface area contributed by atoms with Crippen molar-refractivity contribution >= 4 is 49.1 Å². The quantitative estimate of drug-likeness (QED) is 0.468. The predicted octanol–water partition coefficient (Wildman–Crippen LogP) is 4.83. The van der Waals surface area contributed by atoms with Crippen molar-refractivity contribution in [2.24, 2.45) is 0 Å². The number of fused-ring (bicyclic) bond motifs is 3. The summed E-state index contributed by atoms with van der Waals surface area (Å²) < 4.78 is 28.0. The number of hydrogen-bond donors (Lipinski definition) is 2. The average Bonchev–Trinajstić information content (AvgIpc) is 3.07. The molecule has 154 valence electrons. The van der Waals surface area contributed by atoms with E-state index >= 15 is 0 Å². The summed E-state index contributed by atoms with van der Waals surface area (Å²) in [5.41, 5.74) is 3.89. The van der Waals surface area contributed by atoms with Gasteiger partial charge in [-0.25, -0.2) is 8.42 Å². The first-order chi connectivity index (χ1) is 14.4. The highest BCUT2D eigenvalue weighted by molar-refractivity contribution is 7.92. The van der Waals surface area contributed by atoms with Gasteiger partial charge in [0, 0.05) is 45.3 Å². The molecule has 0 spiro atoms. The Kier molecular flexibility index (Phi) is 5.22. The fourth-order valence-corrected chi connectivity index (χ4v) is 4.26. The Labute approximate surface area is 175 Å². The van der Waals surface area contributed by atoms with Gasteiger partial charge in [-0.15, -0.1) is 0 Å². The van der Waals surface area contributed by atoms with Gasteiger partial charge in [-0.05, 0) is 62.4 Å². The molecule has 3 aromatic carbocycles. The molecule has 0 bridgehead atoms. The number of benzene rings is 3. The van der Waals surface area contributed by atoms with Crippen LogP contribution in [-0.4, -0.2) is 24.6 Å². The molecule has 4 rings (SSSR count). The number of nitrogens with zero attached hydrogens (tertiary/aromatic N) is 1. The van der Waals surface area contributed by atoms with Gasteiger partial charge in [-0.2, -0.15) is 0 Å². The Morgan fingerprint density at radius 2 is 1.53 bits per heavy atom. The lowest BCUT2D eigenvalue weighted by atomic mass is 10.1. The van der Waals surface area contributed by atoms with Crippen molar-refractivity contribution in [2.75, 3.05) is 15.8 Å². The molecule has 0 aliphatic carbocycles. The molecular weight excluding hydrogens is 398 g/mol. The Morgan fingerprint density at radius 1 is 0.867 bits per heavy atom. The van der Waals surface area contributed by atoms with Crippen molar-refractivity contribution in [3.05, 3.63) is 72.3 Å². The summed E-state index contributed by atoms with van der Waals surface area (Å²) in [6.07, 6.45) is 0. The largest absolute Gasteiger partial charge is 0.341 e. The van der Waals surface area contributed by atoms with Crippen LogP contribution in [0.3, 0.4) is 0 Å². The van der Waals surface area contributed by atoms with Crippen molar-refractivity contribution in [1.82, 2.24) is 4.57 Å². The third-order valence-corrected chi connectivity index (χ3v) is 6.45. The minimum absolute atomic E-state index is 0.00778. The van der Waals surface area contributed by atoms with Crippen LogP contribution in [0.5, 0.6) is 0 Å². The third-order valence-electron chi connectivity index (χ3n) is 5.15. The van der Waals surface area contributed by atoms with Gasteiger partial charge in [-0.1, -0.05) is 18.2 Å². The number of sulfonamides is 1. The highest BCUT2D eigenvalue weighted by Gasteiger charge is 2.12. The van der Waals surface area contributed by atoms with Crippen LogP contribution in [0.4, 0.5) is 11.4 Å². The van der Waals surface area contributed by atoms with Crippen molar-refractivity contribution in [2.45, 2.75) is 20.4 Å². The van der Waals surface area contributed by atoms with Gasteiger partial charge in [0.2, 0.25) is 10.0 Å². The smallest absolute Gasteiger partial charge is 0.255 e. The zero-order valence-corrected chi connectivity index (χ0v) is 17.7. The Morgan fingerprint density at radius 3 is 2.23 bits per heavy atom. The highest BCUT2D eigenvalue weighted by Crippen LogP contribution is 2.31. The molecule has 0 aliphatic rings. The maximum Gasteiger partial charge on any atom is 0.255 e. The van der Waals surface area contributed by atoms with E-state index < -0.39 is 10.0 Å². The SMILES string of the molecule is CCn1c2ccccc2c2cc(NC(=O)c3ccc(NS(=O)(=O)CC)cc3)ccc21. The minimum atomic E-state index is -3.35. The highest BCUT2D eigenvalue weighted by atomic mass is 32.2. The molecule has 1 heterocycles. The zero-order valence-electron chi connectivity index (χ0n) is 16.8. The van der Waals surface area contributed by atoms with Crippen LogP contribution in [0.15, 0.2) is 66.7 Å². The maximum atomic E-state index is 12.7. The van der Waals surface area contributed by atoms with Crippen molar-refractivity contribution in [3.8, 4) is 0 Å². The molecule has 1 amide bonds. The molecule has 30 heavy (non-hydrogen) atoms. The van der Waals surface area contributed by atoms with Crippen molar-refractivity contribution in [3.63, 3.8) is 0 Å². The first-order valence-corrected chi connectivity index (χ1v) is 11.5. The Bertz CT molecular complexity index is 1340. The number of amides is 1. The van der Waals surface area contributed by atoms with Crippen LogP contribution in [0.1, 0.15) is 24.2 Å². The van der Waals surface area contributed by atoms with E-state index in [0.717, 1.165) is 22.8 Å². The second kappa shape index (κ2) is 7.84. The fourth-order valence-electron chi connectivity index (χ4n) is 3.62. The monoisotopic (exact) mass is 421 g/mol. The summed E-state index contributed by atoms with van der Waals surface area (Å²) in [5.74, 6) is -0.259. The normalized spacial score (nSPS) is 11.7. The molecule has 4 aromatic rings. The standard InChI is InChI=1S/C23H23N3O3S/c1-3-26-21-8-6-5-7-19(21)20-15-18(13-14-22(20)26)24-23(27)16-9-11-17(12-10-16)25-30(28,29)4-2/h5-15,25H,3-4H2,1-2H3,(H,24,27). The first kappa shape index (κ1) is 20.0. The van der Waals surface area contributed by atoms with E-state index in [0.29, 0.717) is 16.9 Å². The molecule has 0 aliphatic heterocycles. The van der Waals surface area contributed by atoms with E-state index in [4.69, 9.17) is 0 Å². The number of carbonyl (C=O) groups is 1. The average molecular weight is 422 g/mol. The Hall–Kier alpha value is -3.32. The van der Waals surface area contributed by atoms with Crippen LogP contribution in [0.2, 0.25) is 0 Å². The first-order valence-electron chi connectivity index (χ1n) is 9.84. The lowest BCUT2D eigenvalue weighted by Gasteiger charge is -2.09. The number of aromatic nitrogens is 1. The summed E-state index contributed by atoms with van der Waals surface area (Å²) in [7, 11) is -3.35. The molecule has 0 saturated carbocycles. The van der Waals surface area contributed by atoms with E-state index in [9.17, 15) is 13.2 Å². The maximum absolute atomic E-state index is 12.7. The minimum Gasteiger partial charge on any atom is -0.341 e. The molecule has 0 unspecified atom stereocenters. The molecule has 0 fully saturated rings. The predicted molar refractivity (Wildman–Crippen MR) is 123 cm³/mol. The summed E-state index contributed by atoms with van der Waals surface area (Å²) in [6.45, 7) is 4.55. The summed E-state index contributed by atoms with van der Waals surface area (Å²) in [5, 5.41) is 5.18. The number of hydrogen-bond acceptors (Lipinski definition) is 3. The number of nitrogens with one attached hydrogen (secondary N) is 2. The van der Waals surface area contributed by atoms with Crippen LogP contribution >= 0.6 is 0 Å². The van der Waals surface area contributed by atoms with E-state index in [1.165, 1.54) is 5.52 Å². The topological polar surface area (TPSA) is 80.2 Å². The molecule has 0 saturated heterocycles. The lowest BCUT2D eigenvalue weighted by molar-refractivity contribution is 0.102. The van der Waals surface area contributed by atoms with Gasteiger partial charge >= 0.3 is 0 Å². The number of carbonyl (C=O) groups excluding carboxylic acids is 1. The van der Waals surface area contributed by atoms with Crippen molar-refractivity contribution < 1.29 is 13.2 Å². The van der Waals surface area contributed by atoms with E-state index in [1.54, 1.807) is 31.2 Å². The second-order valence-corrected chi connectivity index (χ2v) is 9.04. The number of para-hydroxylation sites is 1. The summed E-state index contributed by atoms with van der Waals surface area (Å²) in [6, 6.07) is 20.5. The van der Waals surface area contributed by atoms with Crippen LogP contribution < -0.4 is 10.0 Å². The van der Waals surface area contributed by atoms with E-state index in [2.05, 4.69) is 33.7 Å². The molecule has 0 radical (unpaired) electrons. The fraction of sp³-hybridized carbons (Fsp3) is 0.174. The van der Waals surface area contributed by atoms with Crippen LogP contribution in [0.25, 0.3) is 21.8 Å². The number of anilines is 2. The van der Waals surface area contributed by atoms with Gasteiger partial charge in [0.15, 0.2) is 0 Å².